The molecule has 0 amide bonds. The zero-order chi connectivity index (χ0) is 74.8. The molecule has 0 aliphatic rings. The van der Waals surface area contributed by atoms with Crippen LogP contribution in [0.5, 0.6) is 0 Å². The molecular formula is C83H162O17P2. The summed E-state index contributed by atoms with van der Waals surface area (Å²) in [4.78, 5) is 73.1. The van der Waals surface area contributed by atoms with Crippen molar-refractivity contribution in [3.63, 3.8) is 0 Å². The van der Waals surface area contributed by atoms with Gasteiger partial charge in [0, 0.05) is 25.7 Å². The highest BCUT2D eigenvalue weighted by Gasteiger charge is 2.30. The zero-order valence-electron chi connectivity index (χ0n) is 66.8. The molecule has 3 N–H and O–H groups in total. The van der Waals surface area contributed by atoms with Crippen molar-refractivity contribution in [2.45, 2.75) is 464 Å². The molecule has 0 aromatic rings. The van der Waals surface area contributed by atoms with E-state index < -0.39 is 97.5 Å². The monoisotopic (exact) mass is 1490 g/mol. The van der Waals surface area contributed by atoms with Crippen molar-refractivity contribution < 1.29 is 80.2 Å². The lowest BCUT2D eigenvalue weighted by Gasteiger charge is -2.21. The standard InChI is InChI=1S/C83H162O17P2/c1-6-9-12-15-18-21-24-27-30-33-34-35-37-40-43-46-49-52-59-64-68-82(87)99-78(72-93-80(85)66-61-56-50-47-44-41-39-36-31-28-25-22-19-16-13-10-7-2)74-97-101(89,90)95-70-77(84)71-96-102(91,92)98-75-79(73-94-81(86)67-62-57-54-53-55-60-65-76(4)5)100-83(88)69-63-58-51-48-45-42-38-32-29-26-23-20-17-14-11-8-3/h76-79,84H,6-75H2,1-5H3,(H,89,90)(H,91,92)/t77-,78-,79-/m1/s1. The van der Waals surface area contributed by atoms with Gasteiger partial charge in [-0.05, 0) is 31.6 Å². The summed E-state index contributed by atoms with van der Waals surface area (Å²) in [7, 11) is -9.92. The third-order valence-electron chi connectivity index (χ3n) is 19.5. The average Bonchev–Trinajstić information content (AvgIpc) is 0.913. The van der Waals surface area contributed by atoms with Crippen LogP contribution in [0.3, 0.4) is 0 Å². The number of aliphatic hydroxyl groups is 1. The fraction of sp³-hybridized carbons (Fsp3) is 0.952. The average molecular weight is 1490 g/mol. The lowest BCUT2D eigenvalue weighted by molar-refractivity contribution is -0.161. The summed E-state index contributed by atoms with van der Waals surface area (Å²) >= 11 is 0. The van der Waals surface area contributed by atoms with E-state index in [-0.39, 0.29) is 25.7 Å². The summed E-state index contributed by atoms with van der Waals surface area (Å²) < 4.78 is 68.8. The molecule has 0 spiro atoms. The van der Waals surface area contributed by atoms with Crippen molar-refractivity contribution in [2.24, 2.45) is 5.92 Å². The van der Waals surface area contributed by atoms with Gasteiger partial charge in [-0.25, -0.2) is 9.13 Å². The maximum Gasteiger partial charge on any atom is 0.472 e. The highest BCUT2D eigenvalue weighted by molar-refractivity contribution is 7.47. The van der Waals surface area contributed by atoms with Crippen LogP contribution in [-0.4, -0.2) is 96.7 Å². The molecule has 0 bridgehead atoms. The Morgan fingerprint density at radius 3 is 0.667 bits per heavy atom. The molecule has 0 aliphatic carbocycles. The highest BCUT2D eigenvalue weighted by Crippen LogP contribution is 2.45. The molecule has 17 nitrogen and oxygen atoms in total. The lowest BCUT2D eigenvalue weighted by atomic mass is 10.0. The summed E-state index contributed by atoms with van der Waals surface area (Å²) in [5.41, 5.74) is 0. The molecule has 0 heterocycles. The number of aliphatic hydroxyl groups excluding tert-OH is 1. The zero-order valence-corrected chi connectivity index (χ0v) is 68.5. The van der Waals surface area contributed by atoms with Crippen LogP contribution in [0.2, 0.25) is 0 Å². The number of hydrogen-bond donors (Lipinski definition) is 3. The van der Waals surface area contributed by atoms with Crippen LogP contribution in [0.1, 0.15) is 446 Å². The molecule has 5 atom stereocenters. The van der Waals surface area contributed by atoms with Crippen molar-refractivity contribution in [2.75, 3.05) is 39.6 Å². The number of carbonyl (C=O) groups excluding carboxylic acids is 4. The number of unbranched alkanes of at least 4 members (excludes halogenated alkanes) is 55. The van der Waals surface area contributed by atoms with Crippen molar-refractivity contribution in [1.29, 1.82) is 0 Å². The van der Waals surface area contributed by atoms with E-state index in [9.17, 15) is 43.2 Å². The SMILES string of the molecule is CCCCCCCCCCCCCCCCCCCCCCC(=O)O[C@H](COC(=O)CCCCCCCCCCCCCCCCCCC)COP(=O)(O)OC[C@@H](O)COP(=O)(O)OC[C@@H](COC(=O)CCCCCCCCC(C)C)OC(=O)CCCCCCCCCCCCCCCCCC. The maximum atomic E-state index is 13.1. The Hall–Kier alpha value is -1.94. The fourth-order valence-corrected chi connectivity index (χ4v) is 14.5. The molecule has 0 saturated heterocycles. The van der Waals surface area contributed by atoms with E-state index in [1.54, 1.807) is 0 Å². The first-order valence-electron chi connectivity index (χ1n) is 43.1. The number of carbonyl (C=O) groups is 4. The number of phosphoric ester groups is 2. The molecule has 0 saturated carbocycles. The van der Waals surface area contributed by atoms with Gasteiger partial charge in [0.1, 0.15) is 19.3 Å². The Labute approximate surface area is 626 Å². The van der Waals surface area contributed by atoms with Crippen LogP contribution >= 0.6 is 15.6 Å². The minimum Gasteiger partial charge on any atom is -0.462 e. The van der Waals surface area contributed by atoms with Crippen LogP contribution in [0, 0.1) is 5.92 Å². The quantitative estimate of drug-likeness (QED) is 0.0222. The number of esters is 4. The smallest absolute Gasteiger partial charge is 0.462 e. The molecule has 0 aromatic heterocycles. The van der Waals surface area contributed by atoms with Crippen molar-refractivity contribution in [1.82, 2.24) is 0 Å². The predicted molar refractivity (Wildman–Crippen MR) is 418 cm³/mol. The van der Waals surface area contributed by atoms with E-state index in [2.05, 4.69) is 34.6 Å². The first-order valence-corrected chi connectivity index (χ1v) is 46.1. The minimum absolute atomic E-state index is 0.108. The van der Waals surface area contributed by atoms with Gasteiger partial charge in [-0.1, -0.05) is 394 Å². The summed E-state index contributed by atoms with van der Waals surface area (Å²) in [5, 5.41) is 10.7. The maximum absolute atomic E-state index is 13.1. The molecule has 0 fully saturated rings. The summed E-state index contributed by atoms with van der Waals surface area (Å²) in [6.45, 7) is 7.27. The number of rotatable bonds is 83. The topological polar surface area (TPSA) is 237 Å². The second-order valence-electron chi connectivity index (χ2n) is 30.3. The van der Waals surface area contributed by atoms with Crippen molar-refractivity contribution in [3.8, 4) is 0 Å². The Morgan fingerprint density at radius 2 is 0.451 bits per heavy atom. The van der Waals surface area contributed by atoms with Gasteiger partial charge in [-0.3, -0.25) is 37.3 Å². The number of hydrogen-bond acceptors (Lipinski definition) is 15. The van der Waals surface area contributed by atoms with Crippen LogP contribution in [0.15, 0.2) is 0 Å². The second kappa shape index (κ2) is 75.9. The molecule has 0 aromatic carbocycles. The Balaban J connectivity index is 5.21. The van der Waals surface area contributed by atoms with Crippen LogP contribution < -0.4 is 0 Å². The van der Waals surface area contributed by atoms with Gasteiger partial charge in [0.25, 0.3) is 0 Å². The Bertz CT molecular complexity index is 1940. The third kappa shape index (κ3) is 76.3. The second-order valence-corrected chi connectivity index (χ2v) is 33.3. The van der Waals surface area contributed by atoms with E-state index in [0.29, 0.717) is 31.6 Å². The van der Waals surface area contributed by atoms with Crippen LogP contribution in [0.4, 0.5) is 0 Å². The molecule has 0 radical (unpaired) electrons. The molecule has 2 unspecified atom stereocenters. The van der Waals surface area contributed by atoms with Crippen LogP contribution in [0.25, 0.3) is 0 Å². The largest absolute Gasteiger partial charge is 0.472 e. The molecule has 606 valence electrons. The van der Waals surface area contributed by atoms with Gasteiger partial charge in [-0.15, -0.1) is 0 Å². The highest BCUT2D eigenvalue weighted by atomic mass is 31.2. The first-order chi connectivity index (χ1) is 49.5. The molecule has 19 heteroatoms. The molecule has 102 heavy (non-hydrogen) atoms. The van der Waals surface area contributed by atoms with E-state index in [1.807, 2.05) is 0 Å². The van der Waals surface area contributed by atoms with Crippen molar-refractivity contribution >= 4 is 39.5 Å². The Kier molecular flexibility index (Phi) is 74.4. The van der Waals surface area contributed by atoms with Crippen molar-refractivity contribution in [3.05, 3.63) is 0 Å². The van der Waals surface area contributed by atoms with Gasteiger partial charge in [0.05, 0.1) is 26.4 Å². The minimum atomic E-state index is -4.96. The summed E-state index contributed by atoms with van der Waals surface area (Å²) in [5.74, 6) is -1.43. The van der Waals surface area contributed by atoms with Crippen LogP contribution in [-0.2, 0) is 65.4 Å². The molecule has 0 aliphatic heterocycles. The van der Waals surface area contributed by atoms with Gasteiger partial charge < -0.3 is 33.8 Å². The summed E-state index contributed by atoms with van der Waals surface area (Å²) in [6, 6.07) is 0. The lowest BCUT2D eigenvalue weighted by Crippen LogP contribution is -2.30. The summed E-state index contributed by atoms with van der Waals surface area (Å²) in [6.07, 6.45) is 68.2. The Morgan fingerprint density at radius 1 is 0.265 bits per heavy atom. The number of ether oxygens (including phenoxy) is 4. The fourth-order valence-electron chi connectivity index (χ4n) is 12.9. The van der Waals surface area contributed by atoms with E-state index >= 15 is 0 Å². The first kappa shape index (κ1) is 100. The predicted octanol–water partition coefficient (Wildman–Crippen LogP) is 25.2. The van der Waals surface area contributed by atoms with E-state index in [0.717, 1.165) is 96.3 Å². The van der Waals surface area contributed by atoms with E-state index in [4.69, 9.17) is 37.0 Å². The van der Waals surface area contributed by atoms with Gasteiger partial charge in [-0.2, -0.15) is 0 Å². The number of phosphoric acid groups is 2. The third-order valence-corrected chi connectivity index (χ3v) is 21.4. The normalized spacial score (nSPS) is 13.8. The van der Waals surface area contributed by atoms with E-state index in [1.165, 1.54) is 263 Å². The molecular weight excluding hydrogens is 1330 g/mol. The molecule has 0 rings (SSSR count). The van der Waals surface area contributed by atoms with Gasteiger partial charge >= 0.3 is 39.5 Å². The van der Waals surface area contributed by atoms with Gasteiger partial charge in [0.15, 0.2) is 12.2 Å². The van der Waals surface area contributed by atoms with Gasteiger partial charge in [0.2, 0.25) is 0 Å².